The number of nitrogens with one attached hydrogen (secondary N) is 3. The second-order valence-corrected chi connectivity index (χ2v) is 8.42. The molecule has 0 radical (unpaired) electrons. The highest BCUT2D eigenvalue weighted by Crippen LogP contribution is 2.21. The highest BCUT2D eigenvalue weighted by molar-refractivity contribution is 9.10. The Morgan fingerprint density at radius 2 is 1.57 bits per heavy atom. The number of benzene rings is 3. The predicted molar refractivity (Wildman–Crippen MR) is 140 cm³/mol. The number of rotatable bonds is 9. The van der Waals surface area contributed by atoms with Gasteiger partial charge < -0.3 is 14.2 Å². The zero-order valence-electron chi connectivity index (χ0n) is 18.9. The summed E-state index contributed by atoms with van der Waals surface area (Å²) in [6.07, 6.45) is 0. The van der Waals surface area contributed by atoms with E-state index in [0.29, 0.717) is 18.1 Å². The van der Waals surface area contributed by atoms with Gasteiger partial charge in [0, 0.05) is 4.47 Å². The van der Waals surface area contributed by atoms with Crippen LogP contribution in [-0.4, -0.2) is 36.7 Å². The molecule has 8 nitrogen and oxygen atoms in total. The largest absolute Gasteiger partial charge is 0.490 e. The minimum Gasteiger partial charge on any atom is -0.490 e. The third-order valence-corrected chi connectivity index (χ3v) is 5.62. The fourth-order valence-electron chi connectivity index (χ4n) is 2.83. The smallest absolute Gasteiger partial charge is 0.276 e. The lowest BCUT2D eigenvalue weighted by Crippen LogP contribution is -2.49. The molecule has 0 saturated heterocycles. The van der Waals surface area contributed by atoms with E-state index in [1.807, 2.05) is 49.4 Å². The molecule has 0 fully saturated rings. The summed E-state index contributed by atoms with van der Waals surface area (Å²) < 4.78 is 17.7. The van der Waals surface area contributed by atoms with Gasteiger partial charge in [0.1, 0.15) is 30.5 Å². The molecule has 0 aliphatic carbocycles. The molecule has 0 aromatic heterocycles. The van der Waals surface area contributed by atoms with Crippen molar-refractivity contribution in [1.82, 2.24) is 16.2 Å². The van der Waals surface area contributed by atoms with E-state index in [4.69, 9.17) is 26.4 Å². The molecule has 0 aliphatic heterocycles. The van der Waals surface area contributed by atoms with E-state index in [-0.39, 0.29) is 23.9 Å². The monoisotopic (exact) mass is 557 g/mol. The Morgan fingerprint density at radius 1 is 0.857 bits per heavy atom. The zero-order valence-corrected chi connectivity index (χ0v) is 21.3. The Bertz CT molecular complexity index is 1180. The van der Waals surface area contributed by atoms with Gasteiger partial charge >= 0.3 is 0 Å². The maximum atomic E-state index is 12.7. The fourth-order valence-corrected chi connectivity index (χ4v) is 3.22. The molecule has 3 N–H and O–H groups in total. The molecular weight excluding hydrogens is 534 g/mol. The lowest BCUT2D eigenvalue weighted by Gasteiger charge is -2.14. The van der Waals surface area contributed by atoms with Crippen LogP contribution in [0, 0.1) is 6.92 Å². The molecule has 3 aromatic carbocycles. The van der Waals surface area contributed by atoms with Crippen LogP contribution in [0.1, 0.15) is 15.9 Å². The average Bonchev–Trinajstić information content (AvgIpc) is 2.87. The molecule has 10 heteroatoms. The van der Waals surface area contributed by atoms with E-state index < -0.39 is 11.8 Å². The van der Waals surface area contributed by atoms with Crippen molar-refractivity contribution in [2.45, 2.75) is 6.92 Å². The molecule has 3 rings (SSSR count). The van der Waals surface area contributed by atoms with E-state index in [2.05, 4.69) is 32.1 Å². The molecule has 0 heterocycles. The summed E-state index contributed by atoms with van der Waals surface area (Å²) in [6, 6.07) is 21.5. The Morgan fingerprint density at radius 3 is 2.34 bits per heavy atom. The van der Waals surface area contributed by atoms with Crippen molar-refractivity contribution in [2.75, 3.05) is 19.8 Å². The molecular formula is C25H24BrN3O5S. The second-order valence-electron chi connectivity index (χ2n) is 7.16. The normalized spacial score (nSPS) is 10.1. The summed E-state index contributed by atoms with van der Waals surface area (Å²) in [4.78, 5) is 24.7. The number of halogens is 1. The van der Waals surface area contributed by atoms with Crippen LogP contribution < -0.4 is 30.4 Å². The lowest BCUT2D eigenvalue weighted by atomic mass is 10.2. The van der Waals surface area contributed by atoms with Crippen molar-refractivity contribution in [2.24, 2.45) is 0 Å². The molecule has 0 unspecified atom stereocenters. The van der Waals surface area contributed by atoms with Gasteiger partial charge in [0.25, 0.3) is 11.8 Å². The summed E-state index contributed by atoms with van der Waals surface area (Å²) in [6.45, 7) is 2.25. The van der Waals surface area contributed by atoms with E-state index in [0.717, 1.165) is 15.8 Å². The van der Waals surface area contributed by atoms with Gasteiger partial charge in [-0.25, -0.2) is 0 Å². The number of hydrazine groups is 1. The number of carbonyl (C=O) groups is 2. The molecule has 0 aliphatic rings. The van der Waals surface area contributed by atoms with E-state index in [9.17, 15) is 9.59 Å². The van der Waals surface area contributed by atoms with Crippen molar-refractivity contribution in [3.05, 3.63) is 88.4 Å². The quantitative estimate of drug-likeness (QED) is 0.208. The summed E-state index contributed by atoms with van der Waals surface area (Å²) >= 11 is 8.50. The number of hydrogen-bond acceptors (Lipinski definition) is 6. The molecule has 0 spiro atoms. The average molecular weight is 558 g/mol. The van der Waals surface area contributed by atoms with Crippen molar-refractivity contribution >= 4 is 45.1 Å². The first-order valence-electron chi connectivity index (χ1n) is 10.6. The minimum atomic E-state index is -0.488. The van der Waals surface area contributed by atoms with Crippen molar-refractivity contribution in [1.29, 1.82) is 0 Å². The Kier molecular flexibility index (Phi) is 9.88. The molecule has 0 saturated carbocycles. The van der Waals surface area contributed by atoms with Crippen molar-refractivity contribution in [3.8, 4) is 17.2 Å². The Balaban J connectivity index is 1.41. The summed E-state index contributed by atoms with van der Waals surface area (Å²) in [5.41, 5.74) is 6.13. The van der Waals surface area contributed by atoms with Gasteiger partial charge in [-0.15, -0.1) is 0 Å². The van der Waals surface area contributed by atoms with Crippen molar-refractivity contribution < 1.29 is 23.8 Å². The molecule has 182 valence electrons. The number of carbonyl (C=O) groups excluding carboxylic acids is 2. The van der Waals surface area contributed by atoms with E-state index in [1.165, 1.54) is 0 Å². The Labute approximate surface area is 217 Å². The highest BCUT2D eigenvalue weighted by atomic mass is 79.9. The van der Waals surface area contributed by atoms with E-state index in [1.54, 1.807) is 30.3 Å². The van der Waals surface area contributed by atoms with Crippen LogP contribution >= 0.6 is 28.1 Å². The van der Waals surface area contributed by atoms with Crippen LogP contribution in [0.4, 0.5) is 0 Å². The number of para-hydroxylation sites is 2. The maximum absolute atomic E-state index is 12.7. The molecule has 3 aromatic rings. The SMILES string of the molecule is Cc1cc(OCC(=O)NNC(=S)NC(=O)c2ccccc2OCCOc2ccccc2)ccc1Br. The lowest BCUT2D eigenvalue weighted by molar-refractivity contribution is -0.123. The third kappa shape index (κ3) is 8.58. The number of aryl methyl sites for hydroxylation is 1. The Hall–Kier alpha value is -3.63. The molecule has 2 amide bonds. The summed E-state index contributed by atoms with van der Waals surface area (Å²) in [5.74, 6) is 0.717. The first-order valence-corrected chi connectivity index (χ1v) is 11.8. The van der Waals surface area contributed by atoms with Gasteiger partial charge in [-0.3, -0.25) is 25.8 Å². The first kappa shape index (κ1) is 26.0. The predicted octanol–water partition coefficient (Wildman–Crippen LogP) is 3.93. The van der Waals surface area contributed by atoms with Crippen LogP contribution in [-0.2, 0) is 4.79 Å². The summed E-state index contributed by atoms with van der Waals surface area (Å²) in [7, 11) is 0. The van der Waals surface area contributed by atoms with Gasteiger partial charge in [0.2, 0.25) is 0 Å². The van der Waals surface area contributed by atoms with Gasteiger partial charge in [-0.2, -0.15) is 0 Å². The topological polar surface area (TPSA) is 97.9 Å². The van der Waals surface area contributed by atoms with Crippen LogP contribution in [0.25, 0.3) is 0 Å². The number of ether oxygens (including phenoxy) is 3. The van der Waals surface area contributed by atoms with Crippen LogP contribution in [0.2, 0.25) is 0 Å². The van der Waals surface area contributed by atoms with Crippen molar-refractivity contribution in [3.63, 3.8) is 0 Å². The second kappa shape index (κ2) is 13.3. The van der Waals surface area contributed by atoms with Gasteiger partial charge in [0.05, 0.1) is 5.56 Å². The zero-order chi connectivity index (χ0) is 25.0. The molecule has 35 heavy (non-hydrogen) atoms. The number of amides is 2. The first-order chi connectivity index (χ1) is 16.9. The highest BCUT2D eigenvalue weighted by Gasteiger charge is 2.14. The van der Waals surface area contributed by atoms with Crippen LogP contribution in [0.3, 0.4) is 0 Å². The standard InChI is InChI=1S/C25H24BrN3O5S/c1-17-15-19(11-12-21(17)26)34-16-23(30)28-29-25(35)27-24(31)20-9-5-6-10-22(20)33-14-13-32-18-7-3-2-4-8-18/h2-12,15H,13-14,16H2,1H3,(H,28,30)(H2,27,29,31,35). The van der Waals surface area contributed by atoms with Gasteiger partial charge in [-0.05, 0) is 67.2 Å². The number of thiocarbonyl (C=S) groups is 1. The van der Waals surface area contributed by atoms with Crippen LogP contribution in [0.15, 0.2) is 77.3 Å². The maximum Gasteiger partial charge on any atom is 0.276 e. The third-order valence-electron chi connectivity index (χ3n) is 4.53. The van der Waals surface area contributed by atoms with Crippen LogP contribution in [0.5, 0.6) is 17.2 Å². The van der Waals surface area contributed by atoms with E-state index >= 15 is 0 Å². The summed E-state index contributed by atoms with van der Waals surface area (Å²) in [5, 5.41) is 2.43. The van der Waals surface area contributed by atoms with Gasteiger partial charge in [0.15, 0.2) is 11.7 Å². The number of hydrogen-bond donors (Lipinski definition) is 3. The van der Waals surface area contributed by atoms with Gasteiger partial charge in [-0.1, -0.05) is 46.3 Å². The minimum absolute atomic E-state index is 0.0787. The fraction of sp³-hybridized carbons (Fsp3) is 0.160. The molecule has 0 bridgehead atoms. The molecule has 0 atom stereocenters.